The molecule has 0 atom stereocenters. The summed E-state index contributed by atoms with van der Waals surface area (Å²) < 4.78 is 13.2. The van der Waals surface area contributed by atoms with Gasteiger partial charge in [0.1, 0.15) is 0 Å². The number of aryl methyl sites for hydroxylation is 1. The predicted molar refractivity (Wildman–Crippen MR) is 59.4 cm³/mol. The lowest BCUT2D eigenvalue weighted by Gasteiger charge is -2.08. The summed E-state index contributed by atoms with van der Waals surface area (Å²) in [4.78, 5) is 0. The summed E-state index contributed by atoms with van der Waals surface area (Å²) in [5.41, 5.74) is 5.86. The molecule has 0 bridgehead atoms. The Morgan fingerprint density at radius 3 is 2.53 bits per heavy atom. The lowest BCUT2D eigenvalue weighted by atomic mass is 10.1. The molecule has 0 fully saturated rings. The Morgan fingerprint density at radius 2 is 1.93 bits per heavy atom. The van der Waals surface area contributed by atoms with Crippen molar-refractivity contribution >= 4 is 15.9 Å². The standard InChI is InChI=1S/C10H13BrFNO2/c11-7-5-6(3-1-2-4-13)9(14)10(15)8(7)12/h5,14-15H,1-4,13H2. The molecule has 15 heavy (non-hydrogen) atoms. The van der Waals surface area contributed by atoms with Crippen LogP contribution in [0.25, 0.3) is 0 Å². The third-order valence-electron chi connectivity index (χ3n) is 2.15. The molecule has 0 unspecified atom stereocenters. The summed E-state index contributed by atoms with van der Waals surface area (Å²) in [6.45, 7) is 0.578. The summed E-state index contributed by atoms with van der Waals surface area (Å²) in [7, 11) is 0. The van der Waals surface area contributed by atoms with Gasteiger partial charge in [-0.2, -0.15) is 0 Å². The second kappa shape index (κ2) is 5.32. The molecule has 84 valence electrons. The van der Waals surface area contributed by atoms with Gasteiger partial charge in [-0.25, -0.2) is 4.39 Å². The molecule has 0 saturated heterocycles. The Hall–Kier alpha value is -0.810. The Morgan fingerprint density at radius 1 is 1.27 bits per heavy atom. The maximum Gasteiger partial charge on any atom is 0.195 e. The van der Waals surface area contributed by atoms with E-state index in [1.165, 1.54) is 6.07 Å². The number of halogens is 2. The molecule has 0 saturated carbocycles. The zero-order chi connectivity index (χ0) is 11.4. The van der Waals surface area contributed by atoms with Crippen LogP contribution in [0.2, 0.25) is 0 Å². The lowest BCUT2D eigenvalue weighted by Crippen LogP contribution is -1.99. The van der Waals surface area contributed by atoms with Crippen molar-refractivity contribution in [3.05, 3.63) is 21.9 Å². The van der Waals surface area contributed by atoms with E-state index in [1.807, 2.05) is 0 Å². The topological polar surface area (TPSA) is 66.5 Å². The van der Waals surface area contributed by atoms with Gasteiger partial charge in [-0.3, -0.25) is 0 Å². The summed E-state index contributed by atoms with van der Waals surface area (Å²) in [5.74, 6) is -1.92. The van der Waals surface area contributed by atoms with E-state index in [4.69, 9.17) is 5.73 Å². The van der Waals surface area contributed by atoms with E-state index in [9.17, 15) is 14.6 Å². The van der Waals surface area contributed by atoms with Gasteiger partial charge in [0, 0.05) is 0 Å². The fourth-order valence-electron chi connectivity index (χ4n) is 1.30. The third kappa shape index (κ3) is 2.82. The van der Waals surface area contributed by atoms with Gasteiger partial charge in [-0.15, -0.1) is 0 Å². The molecule has 0 heterocycles. The zero-order valence-electron chi connectivity index (χ0n) is 8.13. The minimum Gasteiger partial charge on any atom is -0.504 e. The molecule has 0 aliphatic carbocycles. The second-order valence-corrected chi connectivity index (χ2v) is 4.13. The van der Waals surface area contributed by atoms with Gasteiger partial charge in [-0.05, 0) is 53.4 Å². The summed E-state index contributed by atoms with van der Waals surface area (Å²) >= 11 is 2.97. The molecule has 5 heteroatoms. The van der Waals surface area contributed by atoms with E-state index in [1.54, 1.807) is 0 Å². The van der Waals surface area contributed by atoms with Crippen molar-refractivity contribution < 1.29 is 14.6 Å². The van der Waals surface area contributed by atoms with E-state index in [2.05, 4.69) is 15.9 Å². The molecule has 1 aromatic carbocycles. The summed E-state index contributed by atoms with van der Waals surface area (Å²) in [6, 6.07) is 1.47. The van der Waals surface area contributed by atoms with E-state index in [-0.39, 0.29) is 10.2 Å². The number of phenols is 2. The molecule has 0 spiro atoms. The molecule has 0 radical (unpaired) electrons. The number of rotatable bonds is 4. The molecule has 3 nitrogen and oxygen atoms in total. The van der Waals surface area contributed by atoms with Gasteiger partial charge in [0.25, 0.3) is 0 Å². The summed E-state index contributed by atoms with van der Waals surface area (Å²) in [5, 5.41) is 18.7. The number of phenolic OH excluding ortho intramolecular Hbond substituents is 2. The Balaban J connectivity index is 2.89. The minimum absolute atomic E-state index is 0.153. The third-order valence-corrected chi connectivity index (χ3v) is 2.72. The highest BCUT2D eigenvalue weighted by Gasteiger charge is 2.15. The predicted octanol–water partition coefficient (Wildman–Crippen LogP) is 2.28. The first-order chi connectivity index (χ1) is 7.07. The van der Waals surface area contributed by atoms with Crippen LogP contribution in [0.3, 0.4) is 0 Å². The van der Waals surface area contributed by atoms with Crippen molar-refractivity contribution in [2.24, 2.45) is 5.73 Å². The smallest absolute Gasteiger partial charge is 0.195 e. The number of aromatic hydroxyl groups is 2. The molecule has 0 amide bonds. The van der Waals surface area contributed by atoms with Crippen molar-refractivity contribution in [3.63, 3.8) is 0 Å². The Kier molecular flexibility index (Phi) is 4.35. The molecule has 4 N–H and O–H groups in total. The highest BCUT2D eigenvalue weighted by Crippen LogP contribution is 2.36. The van der Waals surface area contributed by atoms with E-state index in [0.717, 1.165) is 12.8 Å². The highest BCUT2D eigenvalue weighted by molar-refractivity contribution is 9.10. The molecular weight excluding hydrogens is 265 g/mol. The van der Waals surface area contributed by atoms with Crippen LogP contribution in [-0.4, -0.2) is 16.8 Å². The van der Waals surface area contributed by atoms with Crippen LogP contribution in [0, 0.1) is 5.82 Å². The fourth-order valence-corrected chi connectivity index (χ4v) is 1.77. The van der Waals surface area contributed by atoms with Gasteiger partial charge in [0.2, 0.25) is 0 Å². The number of benzene rings is 1. The zero-order valence-corrected chi connectivity index (χ0v) is 9.72. The van der Waals surface area contributed by atoms with E-state index < -0.39 is 11.6 Å². The maximum atomic E-state index is 13.1. The van der Waals surface area contributed by atoms with Crippen LogP contribution in [0.1, 0.15) is 18.4 Å². The van der Waals surface area contributed by atoms with Crippen molar-refractivity contribution in [1.82, 2.24) is 0 Å². The molecular formula is C10H13BrFNO2. The number of unbranched alkanes of at least 4 members (excludes halogenated alkanes) is 1. The van der Waals surface area contributed by atoms with Gasteiger partial charge in [0.15, 0.2) is 17.3 Å². The van der Waals surface area contributed by atoms with Crippen molar-refractivity contribution in [1.29, 1.82) is 0 Å². The number of hydrogen-bond donors (Lipinski definition) is 3. The average molecular weight is 278 g/mol. The fraction of sp³-hybridized carbons (Fsp3) is 0.400. The Bertz CT molecular complexity index is 358. The number of hydrogen-bond acceptors (Lipinski definition) is 3. The molecule has 0 aliphatic rings. The highest BCUT2D eigenvalue weighted by atomic mass is 79.9. The van der Waals surface area contributed by atoms with Crippen molar-refractivity contribution in [2.45, 2.75) is 19.3 Å². The van der Waals surface area contributed by atoms with Crippen LogP contribution in [0.5, 0.6) is 11.5 Å². The first-order valence-electron chi connectivity index (χ1n) is 4.66. The molecule has 1 aromatic rings. The number of nitrogens with two attached hydrogens (primary N) is 1. The first-order valence-corrected chi connectivity index (χ1v) is 5.46. The van der Waals surface area contributed by atoms with Gasteiger partial charge in [-0.1, -0.05) is 0 Å². The van der Waals surface area contributed by atoms with Gasteiger partial charge >= 0.3 is 0 Å². The molecule has 1 rings (SSSR count). The largest absolute Gasteiger partial charge is 0.504 e. The van der Waals surface area contributed by atoms with Crippen molar-refractivity contribution in [2.75, 3.05) is 6.54 Å². The summed E-state index contributed by atoms with van der Waals surface area (Å²) in [6.07, 6.45) is 2.19. The van der Waals surface area contributed by atoms with Crippen LogP contribution in [-0.2, 0) is 6.42 Å². The van der Waals surface area contributed by atoms with E-state index in [0.29, 0.717) is 18.5 Å². The lowest BCUT2D eigenvalue weighted by molar-refractivity contribution is 0.373. The van der Waals surface area contributed by atoms with Crippen LogP contribution in [0.15, 0.2) is 10.5 Å². The van der Waals surface area contributed by atoms with Crippen LogP contribution in [0.4, 0.5) is 4.39 Å². The van der Waals surface area contributed by atoms with Gasteiger partial charge in [0.05, 0.1) is 4.47 Å². The van der Waals surface area contributed by atoms with Crippen LogP contribution >= 0.6 is 15.9 Å². The SMILES string of the molecule is NCCCCc1cc(Br)c(F)c(O)c1O. The molecule has 0 aliphatic heterocycles. The average Bonchev–Trinajstić information content (AvgIpc) is 2.23. The quantitative estimate of drug-likeness (QED) is 0.584. The first kappa shape index (κ1) is 12.3. The van der Waals surface area contributed by atoms with Crippen molar-refractivity contribution in [3.8, 4) is 11.5 Å². The van der Waals surface area contributed by atoms with Gasteiger partial charge < -0.3 is 15.9 Å². The minimum atomic E-state index is -0.838. The normalized spacial score (nSPS) is 10.6. The van der Waals surface area contributed by atoms with E-state index >= 15 is 0 Å². The monoisotopic (exact) mass is 277 g/mol. The second-order valence-electron chi connectivity index (χ2n) is 3.27. The Labute approximate surface area is 95.9 Å². The molecule has 0 aromatic heterocycles. The maximum absolute atomic E-state index is 13.1. The van der Waals surface area contributed by atoms with Crippen LogP contribution < -0.4 is 5.73 Å².